The fourth-order valence-corrected chi connectivity index (χ4v) is 4.55. The van der Waals surface area contributed by atoms with Crippen LogP contribution in [0, 0.1) is 0 Å². The Hall–Kier alpha value is -2.54. The fraction of sp³-hybridized carbons (Fsp3) is 0.524. The minimum atomic E-state index is -0.916. The predicted molar refractivity (Wildman–Crippen MR) is 109 cm³/mol. The molecular formula is C21H29N5O2. The number of carbonyl (C=O) groups is 1. The van der Waals surface area contributed by atoms with Crippen LogP contribution in [0.15, 0.2) is 42.7 Å². The van der Waals surface area contributed by atoms with E-state index in [-0.39, 0.29) is 12.1 Å². The van der Waals surface area contributed by atoms with Gasteiger partial charge in [-0.05, 0) is 56.0 Å². The Labute approximate surface area is 165 Å². The molecule has 3 atom stereocenters. The molecule has 3 N–H and O–H groups in total. The molecule has 0 radical (unpaired) electrons. The molecule has 0 bridgehead atoms. The molecule has 28 heavy (non-hydrogen) atoms. The van der Waals surface area contributed by atoms with Crippen molar-refractivity contribution >= 4 is 11.8 Å². The normalized spacial score (nSPS) is 25.4. The van der Waals surface area contributed by atoms with Crippen LogP contribution < -0.4 is 15.5 Å². The van der Waals surface area contributed by atoms with Gasteiger partial charge >= 0.3 is 6.09 Å². The van der Waals surface area contributed by atoms with Crippen LogP contribution in [0.2, 0.25) is 0 Å². The zero-order valence-electron chi connectivity index (χ0n) is 16.1. The van der Waals surface area contributed by atoms with Gasteiger partial charge in [0.2, 0.25) is 0 Å². The zero-order valence-corrected chi connectivity index (χ0v) is 16.1. The maximum absolute atomic E-state index is 11.1. The number of aromatic nitrogens is 2. The number of hydrogen-bond acceptors (Lipinski definition) is 4. The first-order chi connectivity index (χ1) is 13.7. The number of hydrogen-bond donors (Lipinski definition) is 3. The summed E-state index contributed by atoms with van der Waals surface area (Å²) in [5, 5.41) is 19.9. The number of nitrogens with zero attached hydrogens (tertiary/aromatic N) is 3. The summed E-state index contributed by atoms with van der Waals surface area (Å²) in [7, 11) is 0. The van der Waals surface area contributed by atoms with Crippen LogP contribution in [0.5, 0.6) is 0 Å². The second kappa shape index (κ2) is 8.65. The molecule has 7 nitrogen and oxygen atoms in total. The molecule has 3 unspecified atom stereocenters. The summed E-state index contributed by atoms with van der Waals surface area (Å²) in [6.45, 7) is 2.01. The molecule has 1 aromatic heterocycles. The number of benzene rings is 1. The topological polar surface area (TPSA) is 82.4 Å². The third-order valence-corrected chi connectivity index (χ3v) is 5.93. The lowest BCUT2D eigenvalue weighted by molar-refractivity contribution is 0.176. The Kier molecular flexibility index (Phi) is 5.81. The Bertz CT molecular complexity index is 762. The largest absolute Gasteiger partial charge is 0.465 e. The summed E-state index contributed by atoms with van der Waals surface area (Å²) < 4.78 is 1.86. The zero-order chi connectivity index (χ0) is 19.3. The SMILES string of the molecule is O=C(O)NC1CCCCC1NC1CCCN(c2ccc(-n3cccn3)cc2)C1. The number of nitrogens with one attached hydrogen (secondary N) is 2. The Morgan fingerprint density at radius 2 is 1.79 bits per heavy atom. The van der Waals surface area contributed by atoms with Crippen molar-refractivity contribution in [3.63, 3.8) is 0 Å². The summed E-state index contributed by atoms with van der Waals surface area (Å²) in [5.74, 6) is 0. The Morgan fingerprint density at radius 1 is 1.04 bits per heavy atom. The lowest BCUT2D eigenvalue weighted by atomic mass is 9.89. The van der Waals surface area contributed by atoms with Gasteiger partial charge in [0, 0.05) is 49.3 Å². The molecule has 4 rings (SSSR count). The highest BCUT2D eigenvalue weighted by Gasteiger charge is 2.30. The smallest absolute Gasteiger partial charge is 0.404 e. The van der Waals surface area contributed by atoms with Crippen molar-refractivity contribution in [3.8, 4) is 5.69 Å². The van der Waals surface area contributed by atoms with Crippen molar-refractivity contribution in [1.29, 1.82) is 0 Å². The van der Waals surface area contributed by atoms with Crippen LogP contribution in [-0.2, 0) is 0 Å². The highest BCUT2D eigenvalue weighted by atomic mass is 16.4. The van der Waals surface area contributed by atoms with Crippen LogP contribution in [0.1, 0.15) is 38.5 Å². The van der Waals surface area contributed by atoms with E-state index in [0.717, 1.165) is 50.9 Å². The standard InChI is InChI=1S/C21H29N5O2/c27-21(28)24-20-7-2-1-6-19(20)23-16-5-3-13-25(15-16)17-8-10-18(11-9-17)26-14-4-12-22-26/h4,8-12,14,16,19-20,23-24H,1-3,5-7,13,15H2,(H,27,28). The molecule has 1 aliphatic heterocycles. The van der Waals surface area contributed by atoms with Crippen LogP contribution >= 0.6 is 0 Å². The number of anilines is 1. The summed E-state index contributed by atoms with van der Waals surface area (Å²) >= 11 is 0. The molecule has 2 aromatic rings. The number of rotatable bonds is 5. The minimum Gasteiger partial charge on any atom is -0.465 e. The van der Waals surface area contributed by atoms with E-state index in [0.29, 0.717) is 6.04 Å². The van der Waals surface area contributed by atoms with Gasteiger partial charge in [-0.25, -0.2) is 9.48 Å². The van der Waals surface area contributed by atoms with E-state index in [4.69, 9.17) is 5.11 Å². The molecule has 7 heteroatoms. The van der Waals surface area contributed by atoms with Crippen LogP contribution in [0.25, 0.3) is 5.69 Å². The first-order valence-corrected chi connectivity index (χ1v) is 10.3. The van der Waals surface area contributed by atoms with Crippen LogP contribution in [-0.4, -0.2) is 52.2 Å². The molecule has 1 saturated heterocycles. The number of carboxylic acid groups (broad SMARTS) is 1. The van der Waals surface area contributed by atoms with Crippen molar-refractivity contribution in [3.05, 3.63) is 42.7 Å². The average molecular weight is 383 g/mol. The highest BCUT2D eigenvalue weighted by molar-refractivity contribution is 5.65. The first kappa shape index (κ1) is 18.8. The van der Waals surface area contributed by atoms with Crippen molar-refractivity contribution in [2.75, 3.05) is 18.0 Å². The lowest BCUT2D eigenvalue weighted by Gasteiger charge is -2.40. The second-order valence-corrected chi connectivity index (χ2v) is 7.87. The lowest BCUT2D eigenvalue weighted by Crippen LogP contribution is -2.57. The summed E-state index contributed by atoms with van der Waals surface area (Å²) in [4.78, 5) is 13.5. The van der Waals surface area contributed by atoms with Crippen molar-refractivity contribution in [2.24, 2.45) is 0 Å². The molecular weight excluding hydrogens is 354 g/mol. The van der Waals surface area contributed by atoms with Gasteiger partial charge in [-0.1, -0.05) is 12.8 Å². The number of piperidine rings is 1. The molecule has 2 heterocycles. The van der Waals surface area contributed by atoms with Gasteiger partial charge in [-0.3, -0.25) is 0 Å². The van der Waals surface area contributed by atoms with Gasteiger partial charge in [0.15, 0.2) is 0 Å². The quantitative estimate of drug-likeness (QED) is 0.739. The summed E-state index contributed by atoms with van der Waals surface area (Å²) in [6.07, 6.45) is 9.33. The third kappa shape index (κ3) is 4.47. The van der Waals surface area contributed by atoms with Crippen LogP contribution in [0.4, 0.5) is 10.5 Å². The summed E-state index contributed by atoms with van der Waals surface area (Å²) in [5.41, 5.74) is 2.29. The maximum atomic E-state index is 11.1. The van der Waals surface area contributed by atoms with E-state index >= 15 is 0 Å². The van der Waals surface area contributed by atoms with Crippen molar-refractivity contribution in [1.82, 2.24) is 20.4 Å². The van der Waals surface area contributed by atoms with E-state index in [9.17, 15) is 4.79 Å². The predicted octanol–water partition coefficient (Wildman–Crippen LogP) is 3.01. The van der Waals surface area contributed by atoms with Crippen molar-refractivity contribution in [2.45, 2.75) is 56.7 Å². The second-order valence-electron chi connectivity index (χ2n) is 7.87. The number of amides is 1. The van der Waals surface area contributed by atoms with E-state index in [1.54, 1.807) is 6.20 Å². The van der Waals surface area contributed by atoms with Gasteiger partial charge in [0.05, 0.1) is 5.69 Å². The van der Waals surface area contributed by atoms with Crippen molar-refractivity contribution < 1.29 is 9.90 Å². The molecule has 1 amide bonds. The van der Waals surface area contributed by atoms with Gasteiger partial charge < -0.3 is 20.6 Å². The van der Waals surface area contributed by atoms with E-state index in [1.807, 2.05) is 16.9 Å². The van der Waals surface area contributed by atoms with E-state index < -0.39 is 6.09 Å². The molecule has 2 aliphatic rings. The van der Waals surface area contributed by atoms with E-state index in [2.05, 4.69) is 44.9 Å². The van der Waals surface area contributed by atoms with Crippen LogP contribution in [0.3, 0.4) is 0 Å². The monoisotopic (exact) mass is 383 g/mol. The van der Waals surface area contributed by atoms with E-state index in [1.165, 1.54) is 12.1 Å². The minimum absolute atomic E-state index is 0.0231. The van der Waals surface area contributed by atoms with Gasteiger partial charge in [-0.2, -0.15) is 5.10 Å². The fourth-order valence-electron chi connectivity index (χ4n) is 4.55. The molecule has 1 aromatic carbocycles. The van der Waals surface area contributed by atoms with Gasteiger partial charge in [0.25, 0.3) is 0 Å². The van der Waals surface area contributed by atoms with Gasteiger partial charge in [-0.15, -0.1) is 0 Å². The Morgan fingerprint density at radius 3 is 2.50 bits per heavy atom. The molecule has 1 aliphatic carbocycles. The third-order valence-electron chi connectivity index (χ3n) is 5.93. The highest BCUT2D eigenvalue weighted by Crippen LogP contribution is 2.24. The Balaban J connectivity index is 1.38. The summed E-state index contributed by atoms with van der Waals surface area (Å²) in [6, 6.07) is 11.1. The average Bonchev–Trinajstić information content (AvgIpc) is 3.24. The first-order valence-electron chi connectivity index (χ1n) is 10.3. The molecule has 2 fully saturated rings. The molecule has 150 valence electrons. The molecule has 0 spiro atoms. The molecule has 1 saturated carbocycles. The van der Waals surface area contributed by atoms with Gasteiger partial charge in [0.1, 0.15) is 0 Å². The maximum Gasteiger partial charge on any atom is 0.404 e.